The van der Waals surface area contributed by atoms with E-state index in [9.17, 15) is 14.0 Å². The molecule has 0 saturated carbocycles. The van der Waals surface area contributed by atoms with Crippen molar-refractivity contribution in [1.82, 2.24) is 4.90 Å². The van der Waals surface area contributed by atoms with Gasteiger partial charge < -0.3 is 14.1 Å². The molecule has 1 aromatic heterocycles. The topological polar surface area (TPSA) is 59.8 Å². The normalized spacial score (nSPS) is 15.1. The van der Waals surface area contributed by atoms with Crippen LogP contribution in [0.2, 0.25) is 0 Å². The Morgan fingerprint density at radius 2 is 1.76 bits per heavy atom. The van der Waals surface area contributed by atoms with Gasteiger partial charge in [0.2, 0.25) is 5.76 Å². The Morgan fingerprint density at radius 1 is 1.03 bits per heavy atom. The first-order valence-corrected chi connectivity index (χ1v) is 11.2. The number of nitrogens with zero attached hydrogens (tertiary/aromatic N) is 1. The second-order valence-corrected chi connectivity index (χ2v) is 8.65. The molecule has 5 nitrogen and oxygen atoms in total. The number of carbonyl (C=O) groups is 1. The summed E-state index contributed by atoms with van der Waals surface area (Å²) in [6.07, 6.45) is 0.528. The summed E-state index contributed by atoms with van der Waals surface area (Å²) in [5, 5.41) is 0.426. The molecular formula is C28H24FNO4. The van der Waals surface area contributed by atoms with Crippen molar-refractivity contribution in [1.29, 1.82) is 0 Å². The van der Waals surface area contributed by atoms with Gasteiger partial charge in [0, 0.05) is 12.1 Å². The third-order valence-electron chi connectivity index (χ3n) is 6.41. The molecule has 0 saturated heterocycles. The highest BCUT2D eigenvalue weighted by Gasteiger charge is 2.43. The van der Waals surface area contributed by atoms with E-state index >= 15 is 0 Å². The molecule has 34 heavy (non-hydrogen) atoms. The number of amides is 1. The molecule has 2 heterocycles. The summed E-state index contributed by atoms with van der Waals surface area (Å²) >= 11 is 0. The number of fused-ring (bicyclic) bond motifs is 2. The quantitative estimate of drug-likeness (QED) is 0.406. The predicted molar refractivity (Wildman–Crippen MR) is 128 cm³/mol. The third-order valence-corrected chi connectivity index (χ3v) is 6.41. The van der Waals surface area contributed by atoms with Crippen molar-refractivity contribution in [2.45, 2.75) is 26.3 Å². The van der Waals surface area contributed by atoms with Crippen LogP contribution in [-0.4, -0.2) is 24.5 Å². The minimum Gasteiger partial charge on any atom is -0.497 e. The predicted octanol–water partition coefficient (Wildman–Crippen LogP) is 5.35. The highest BCUT2D eigenvalue weighted by molar-refractivity contribution is 5.99. The maximum Gasteiger partial charge on any atom is 0.290 e. The van der Waals surface area contributed by atoms with Gasteiger partial charge in [-0.05, 0) is 61.2 Å². The van der Waals surface area contributed by atoms with Crippen molar-refractivity contribution in [2.24, 2.45) is 0 Å². The number of hydrogen-bond donors (Lipinski definition) is 0. The first kappa shape index (κ1) is 21.9. The van der Waals surface area contributed by atoms with Gasteiger partial charge in [0.1, 0.15) is 17.1 Å². The van der Waals surface area contributed by atoms with E-state index in [0.717, 1.165) is 22.4 Å². The fraction of sp³-hybridized carbons (Fsp3) is 0.214. The Bertz CT molecular complexity index is 1470. The molecule has 1 aliphatic rings. The molecule has 5 rings (SSSR count). The molecular weight excluding hydrogens is 433 g/mol. The number of halogens is 1. The van der Waals surface area contributed by atoms with Gasteiger partial charge in [0.15, 0.2) is 5.43 Å². The summed E-state index contributed by atoms with van der Waals surface area (Å²) in [6.45, 7) is 4.04. The van der Waals surface area contributed by atoms with Gasteiger partial charge in [0.25, 0.3) is 5.91 Å². The van der Waals surface area contributed by atoms with E-state index in [1.54, 1.807) is 36.3 Å². The molecule has 1 amide bonds. The zero-order valence-corrected chi connectivity index (χ0v) is 19.2. The summed E-state index contributed by atoms with van der Waals surface area (Å²) < 4.78 is 26.2. The summed E-state index contributed by atoms with van der Waals surface area (Å²) in [6, 6.07) is 16.6. The summed E-state index contributed by atoms with van der Waals surface area (Å²) in [4.78, 5) is 28.8. The molecule has 172 valence electrons. The standard InChI is InChI=1S/C28H24FNO4/c1-16-14-17(2)23-22(15-16)34-27-24(26(23)31)25(20-6-4-5-7-21(20)29)30(28(27)32)13-12-18-8-10-19(33-3)11-9-18/h4-11,14-15,25H,12-13H2,1-3H3. The number of hydrogen-bond acceptors (Lipinski definition) is 4. The Morgan fingerprint density at radius 3 is 2.47 bits per heavy atom. The van der Waals surface area contributed by atoms with Gasteiger partial charge in [-0.2, -0.15) is 0 Å². The molecule has 4 aromatic rings. The lowest BCUT2D eigenvalue weighted by atomic mass is 9.96. The highest BCUT2D eigenvalue weighted by Crippen LogP contribution is 2.39. The molecule has 0 spiro atoms. The van der Waals surface area contributed by atoms with Gasteiger partial charge in [-0.3, -0.25) is 9.59 Å². The highest BCUT2D eigenvalue weighted by atomic mass is 19.1. The summed E-state index contributed by atoms with van der Waals surface area (Å²) in [5.41, 5.74) is 3.25. The maximum absolute atomic E-state index is 15.0. The Hall–Kier alpha value is -3.93. The maximum atomic E-state index is 15.0. The molecule has 1 aliphatic heterocycles. The fourth-order valence-electron chi connectivity index (χ4n) is 4.81. The van der Waals surface area contributed by atoms with E-state index in [1.807, 2.05) is 44.2 Å². The minimum absolute atomic E-state index is 0.00881. The van der Waals surface area contributed by atoms with E-state index < -0.39 is 17.8 Å². The summed E-state index contributed by atoms with van der Waals surface area (Å²) in [5.74, 6) is -0.145. The van der Waals surface area contributed by atoms with Crippen LogP contribution in [0.5, 0.6) is 5.75 Å². The Labute approximate surface area is 196 Å². The number of ether oxygens (including phenoxy) is 1. The van der Waals surface area contributed by atoms with E-state index in [4.69, 9.17) is 9.15 Å². The van der Waals surface area contributed by atoms with E-state index in [1.165, 1.54) is 6.07 Å². The van der Waals surface area contributed by atoms with Crippen LogP contribution >= 0.6 is 0 Å². The lowest BCUT2D eigenvalue weighted by Crippen LogP contribution is -2.32. The van der Waals surface area contributed by atoms with Crippen molar-refractivity contribution >= 4 is 16.9 Å². The van der Waals surface area contributed by atoms with Crippen LogP contribution in [0.1, 0.15) is 44.4 Å². The number of rotatable bonds is 5. The van der Waals surface area contributed by atoms with Crippen LogP contribution in [0.25, 0.3) is 11.0 Å². The molecule has 3 aromatic carbocycles. The molecule has 0 radical (unpaired) electrons. The SMILES string of the molecule is COc1ccc(CCN2C(=O)c3oc4cc(C)cc(C)c4c(=O)c3C2c2ccccc2F)cc1. The van der Waals surface area contributed by atoms with Crippen molar-refractivity contribution in [2.75, 3.05) is 13.7 Å². The van der Waals surface area contributed by atoms with Crippen molar-refractivity contribution in [3.63, 3.8) is 0 Å². The van der Waals surface area contributed by atoms with Crippen LogP contribution in [0.4, 0.5) is 4.39 Å². The number of benzene rings is 3. The largest absolute Gasteiger partial charge is 0.497 e. The zero-order chi connectivity index (χ0) is 24.0. The second-order valence-electron chi connectivity index (χ2n) is 8.65. The molecule has 1 atom stereocenters. The number of methoxy groups -OCH3 is 1. The smallest absolute Gasteiger partial charge is 0.290 e. The molecule has 0 fully saturated rings. The lowest BCUT2D eigenvalue weighted by Gasteiger charge is -2.25. The number of aryl methyl sites for hydroxylation is 2. The fourth-order valence-corrected chi connectivity index (χ4v) is 4.81. The van der Waals surface area contributed by atoms with Crippen LogP contribution in [0.15, 0.2) is 69.9 Å². The van der Waals surface area contributed by atoms with Crippen LogP contribution in [-0.2, 0) is 6.42 Å². The van der Waals surface area contributed by atoms with E-state index in [-0.39, 0.29) is 22.3 Å². The Kier molecular flexibility index (Phi) is 5.44. The van der Waals surface area contributed by atoms with Crippen LogP contribution < -0.4 is 10.2 Å². The molecule has 0 bridgehead atoms. The third kappa shape index (κ3) is 3.55. The second kappa shape index (κ2) is 8.45. The first-order valence-electron chi connectivity index (χ1n) is 11.2. The van der Waals surface area contributed by atoms with Crippen molar-refractivity contribution in [3.8, 4) is 5.75 Å². The monoisotopic (exact) mass is 457 g/mol. The van der Waals surface area contributed by atoms with Gasteiger partial charge in [-0.15, -0.1) is 0 Å². The molecule has 0 N–H and O–H groups in total. The summed E-state index contributed by atoms with van der Waals surface area (Å²) in [7, 11) is 1.60. The zero-order valence-electron chi connectivity index (χ0n) is 19.2. The van der Waals surface area contributed by atoms with Crippen molar-refractivity contribution < 1.29 is 18.3 Å². The Balaban J connectivity index is 1.64. The number of carbonyl (C=O) groups excluding carboxylic acids is 1. The lowest BCUT2D eigenvalue weighted by molar-refractivity contribution is 0.0728. The molecule has 6 heteroatoms. The van der Waals surface area contributed by atoms with Crippen LogP contribution in [0, 0.1) is 19.7 Å². The first-order chi connectivity index (χ1) is 16.4. The minimum atomic E-state index is -0.858. The molecule has 1 unspecified atom stereocenters. The molecule has 0 aliphatic carbocycles. The van der Waals surface area contributed by atoms with Gasteiger partial charge in [-0.25, -0.2) is 4.39 Å². The van der Waals surface area contributed by atoms with Gasteiger partial charge in [0.05, 0.1) is 24.1 Å². The van der Waals surface area contributed by atoms with Gasteiger partial charge >= 0.3 is 0 Å². The van der Waals surface area contributed by atoms with Crippen molar-refractivity contribution in [3.05, 3.63) is 110 Å². The van der Waals surface area contributed by atoms with Crippen LogP contribution in [0.3, 0.4) is 0 Å². The van der Waals surface area contributed by atoms with Gasteiger partial charge in [-0.1, -0.05) is 36.4 Å². The van der Waals surface area contributed by atoms with E-state index in [0.29, 0.717) is 23.9 Å². The average molecular weight is 458 g/mol. The average Bonchev–Trinajstić information content (AvgIpc) is 3.09. The van der Waals surface area contributed by atoms with E-state index in [2.05, 4.69) is 0 Å².